The van der Waals surface area contributed by atoms with Crippen LogP contribution in [0.15, 0.2) is 48.7 Å². The van der Waals surface area contributed by atoms with Gasteiger partial charge in [0, 0.05) is 11.8 Å². The van der Waals surface area contributed by atoms with E-state index in [2.05, 4.69) is 16.5 Å². The minimum Gasteiger partial charge on any atom is -0.494 e. The number of fused-ring (bicyclic) bond motifs is 1. The van der Waals surface area contributed by atoms with Gasteiger partial charge in [0.05, 0.1) is 27.0 Å². The molecule has 184 valence electrons. The Kier molecular flexibility index (Phi) is 7.35. The van der Waals surface area contributed by atoms with Gasteiger partial charge in [-0.15, -0.1) is 0 Å². The zero-order valence-electron chi connectivity index (χ0n) is 20.7. The van der Waals surface area contributed by atoms with Gasteiger partial charge >= 0.3 is 0 Å². The first-order valence-corrected chi connectivity index (χ1v) is 11.5. The minimum atomic E-state index is -0.254. The molecule has 0 saturated carbocycles. The molecule has 0 radical (unpaired) electrons. The van der Waals surface area contributed by atoms with E-state index < -0.39 is 0 Å². The van der Waals surface area contributed by atoms with Crippen LogP contribution in [0.5, 0.6) is 17.2 Å². The normalized spacial score (nSPS) is 10.6. The van der Waals surface area contributed by atoms with E-state index in [1.54, 1.807) is 14.2 Å². The number of aryl methyl sites for hydroxylation is 2. The summed E-state index contributed by atoms with van der Waals surface area (Å²) in [5.74, 6) is 2.39. The maximum Gasteiger partial charge on any atom is 0.225 e. The third-order valence-electron chi connectivity index (χ3n) is 5.75. The third-order valence-corrected chi connectivity index (χ3v) is 5.75. The number of hydrogen-bond acceptors (Lipinski definition) is 7. The molecule has 0 bridgehead atoms. The highest BCUT2D eigenvalue weighted by molar-refractivity contribution is 5.92. The van der Waals surface area contributed by atoms with Crippen molar-refractivity contribution in [3.8, 4) is 29.1 Å². The monoisotopic (exact) mass is 485 g/mol. The van der Waals surface area contributed by atoms with Crippen LogP contribution < -0.4 is 19.5 Å². The molecule has 4 rings (SSSR count). The number of rotatable bonds is 9. The lowest BCUT2D eigenvalue weighted by molar-refractivity contribution is -0.116. The highest BCUT2D eigenvalue weighted by Gasteiger charge is 2.18. The molecule has 0 saturated heterocycles. The molecule has 0 aliphatic carbocycles. The van der Waals surface area contributed by atoms with Crippen molar-refractivity contribution in [1.29, 1.82) is 5.26 Å². The number of methoxy groups -OCH3 is 2. The summed E-state index contributed by atoms with van der Waals surface area (Å²) in [7, 11) is 3.17. The minimum absolute atomic E-state index is 0.200. The average Bonchev–Trinajstić information content (AvgIpc) is 3.30. The van der Waals surface area contributed by atoms with Crippen molar-refractivity contribution in [2.45, 2.75) is 26.7 Å². The number of carbonyl (C=O) groups is 1. The standard InChI is InChI=1S/C27H27N5O4/c1-5-36-21-11-9-18(14-23(21)35-4)10-12-25(33)31-27-19(15-28)16-29-32(27)24-13-17(2)20-7-6-8-22(34-3)26(20)30-24/h6-9,11,13-14,16H,5,10,12H2,1-4H3,(H,31,33). The van der Waals surface area contributed by atoms with Crippen LogP contribution in [0.4, 0.5) is 5.82 Å². The molecule has 1 N–H and O–H groups in total. The number of ether oxygens (including phenoxy) is 3. The Morgan fingerprint density at radius 1 is 1.11 bits per heavy atom. The Morgan fingerprint density at radius 3 is 2.64 bits per heavy atom. The molecule has 0 unspecified atom stereocenters. The van der Waals surface area contributed by atoms with Gasteiger partial charge < -0.3 is 19.5 Å². The molecule has 2 aromatic heterocycles. The molecule has 4 aromatic rings. The van der Waals surface area contributed by atoms with Gasteiger partial charge in [-0.25, -0.2) is 4.98 Å². The highest BCUT2D eigenvalue weighted by atomic mass is 16.5. The Morgan fingerprint density at radius 2 is 1.92 bits per heavy atom. The number of nitriles is 1. The molecule has 0 aliphatic rings. The number of benzene rings is 2. The van der Waals surface area contributed by atoms with Crippen LogP contribution >= 0.6 is 0 Å². The molecule has 0 atom stereocenters. The van der Waals surface area contributed by atoms with Gasteiger partial charge in [0.1, 0.15) is 22.9 Å². The fourth-order valence-electron chi connectivity index (χ4n) is 3.97. The second-order valence-corrected chi connectivity index (χ2v) is 8.05. The molecule has 1 amide bonds. The predicted molar refractivity (Wildman–Crippen MR) is 136 cm³/mol. The summed E-state index contributed by atoms with van der Waals surface area (Å²) in [5.41, 5.74) is 2.81. The van der Waals surface area contributed by atoms with Gasteiger partial charge in [-0.2, -0.15) is 15.0 Å². The van der Waals surface area contributed by atoms with E-state index in [1.807, 2.05) is 56.3 Å². The second-order valence-electron chi connectivity index (χ2n) is 8.05. The Labute approximate surface area is 209 Å². The average molecular weight is 486 g/mol. The predicted octanol–water partition coefficient (Wildman–Crippen LogP) is 4.59. The Hall–Kier alpha value is -4.58. The number of nitrogens with zero attached hydrogens (tertiary/aromatic N) is 4. The third kappa shape index (κ3) is 4.93. The van der Waals surface area contributed by atoms with Crippen LogP contribution in [0.1, 0.15) is 30.0 Å². The fraction of sp³-hybridized carbons (Fsp3) is 0.259. The number of hydrogen-bond donors (Lipinski definition) is 1. The number of para-hydroxylation sites is 1. The number of anilines is 1. The summed E-state index contributed by atoms with van der Waals surface area (Å²) in [4.78, 5) is 17.6. The van der Waals surface area contributed by atoms with E-state index in [-0.39, 0.29) is 23.7 Å². The first-order chi connectivity index (χ1) is 17.5. The Balaban J connectivity index is 1.58. The summed E-state index contributed by atoms with van der Waals surface area (Å²) in [6.07, 6.45) is 2.09. The molecule has 2 heterocycles. The van der Waals surface area contributed by atoms with Crippen molar-refractivity contribution in [3.05, 3.63) is 65.4 Å². The largest absolute Gasteiger partial charge is 0.494 e. The van der Waals surface area contributed by atoms with Crippen LogP contribution in [0.3, 0.4) is 0 Å². The Bertz CT molecular complexity index is 1450. The van der Waals surface area contributed by atoms with E-state index in [0.717, 1.165) is 16.5 Å². The summed E-state index contributed by atoms with van der Waals surface area (Å²) < 4.78 is 17.9. The maximum absolute atomic E-state index is 12.9. The van der Waals surface area contributed by atoms with Crippen molar-refractivity contribution in [2.75, 3.05) is 26.1 Å². The second kappa shape index (κ2) is 10.8. The number of aromatic nitrogens is 3. The fourth-order valence-corrected chi connectivity index (χ4v) is 3.97. The van der Waals surface area contributed by atoms with Gasteiger partial charge in [-0.1, -0.05) is 18.2 Å². The molecule has 2 aromatic carbocycles. The van der Waals surface area contributed by atoms with Crippen molar-refractivity contribution in [2.24, 2.45) is 0 Å². The summed E-state index contributed by atoms with van der Waals surface area (Å²) in [6.45, 7) is 4.40. The van der Waals surface area contributed by atoms with Crippen molar-refractivity contribution < 1.29 is 19.0 Å². The molecule has 0 spiro atoms. The quantitative estimate of drug-likeness (QED) is 0.369. The van der Waals surface area contributed by atoms with Crippen molar-refractivity contribution in [3.63, 3.8) is 0 Å². The zero-order valence-corrected chi connectivity index (χ0v) is 20.7. The highest BCUT2D eigenvalue weighted by Crippen LogP contribution is 2.30. The first-order valence-electron chi connectivity index (χ1n) is 11.5. The van der Waals surface area contributed by atoms with Crippen LogP contribution in [-0.4, -0.2) is 41.5 Å². The summed E-state index contributed by atoms with van der Waals surface area (Å²) in [6, 6.07) is 15.3. The van der Waals surface area contributed by atoms with Gasteiger partial charge in [0.2, 0.25) is 5.91 Å². The van der Waals surface area contributed by atoms with E-state index in [0.29, 0.717) is 41.6 Å². The van der Waals surface area contributed by atoms with Crippen molar-refractivity contribution >= 4 is 22.6 Å². The number of pyridine rings is 1. The molecule has 0 fully saturated rings. The first kappa shape index (κ1) is 24.5. The summed E-state index contributed by atoms with van der Waals surface area (Å²) >= 11 is 0. The molecule has 0 aliphatic heterocycles. The molecule has 9 nitrogen and oxygen atoms in total. The van der Waals surface area contributed by atoms with E-state index in [1.165, 1.54) is 10.9 Å². The molecular formula is C27H27N5O4. The van der Waals surface area contributed by atoms with Crippen LogP contribution in [0.2, 0.25) is 0 Å². The number of amides is 1. The lowest BCUT2D eigenvalue weighted by Crippen LogP contribution is -2.17. The number of carbonyl (C=O) groups excluding carboxylic acids is 1. The lowest BCUT2D eigenvalue weighted by atomic mass is 10.1. The van der Waals surface area contributed by atoms with Crippen LogP contribution in [-0.2, 0) is 11.2 Å². The van der Waals surface area contributed by atoms with Crippen LogP contribution in [0, 0.1) is 18.3 Å². The SMILES string of the molecule is CCOc1ccc(CCC(=O)Nc2c(C#N)cnn2-c2cc(C)c3cccc(OC)c3n2)cc1OC. The van der Waals surface area contributed by atoms with E-state index in [4.69, 9.17) is 19.2 Å². The molecule has 36 heavy (non-hydrogen) atoms. The maximum atomic E-state index is 12.9. The summed E-state index contributed by atoms with van der Waals surface area (Å²) in [5, 5.41) is 17.7. The van der Waals surface area contributed by atoms with Crippen LogP contribution in [0.25, 0.3) is 16.7 Å². The van der Waals surface area contributed by atoms with E-state index in [9.17, 15) is 10.1 Å². The van der Waals surface area contributed by atoms with Gasteiger partial charge in [0.15, 0.2) is 23.1 Å². The van der Waals surface area contributed by atoms with Gasteiger partial charge in [0.25, 0.3) is 0 Å². The van der Waals surface area contributed by atoms with Crippen molar-refractivity contribution in [1.82, 2.24) is 14.8 Å². The smallest absolute Gasteiger partial charge is 0.225 e. The van der Waals surface area contributed by atoms with Gasteiger partial charge in [-0.3, -0.25) is 4.79 Å². The molecular weight excluding hydrogens is 458 g/mol. The zero-order chi connectivity index (χ0) is 25.7. The topological polar surface area (TPSA) is 111 Å². The van der Waals surface area contributed by atoms with Gasteiger partial charge in [-0.05, 0) is 55.7 Å². The molecule has 9 heteroatoms. The number of nitrogens with one attached hydrogen (secondary N) is 1. The van der Waals surface area contributed by atoms with E-state index >= 15 is 0 Å². The lowest BCUT2D eigenvalue weighted by Gasteiger charge is -2.13.